The van der Waals surface area contributed by atoms with E-state index < -0.39 is 0 Å². The summed E-state index contributed by atoms with van der Waals surface area (Å²) in [4.78, 5) is 0. The normalized spacial score (nSPS) is 38.7. The van der Waals surface area contributed by atoms with E-state index in [0.29, 0.717) is 11.1 Å². The highest BCUT2D eigenvalue weighted by Gasteiger charge is 2.77. The first-order chi connectivity index (χ1) is 4.81. The molecule has 1 fully saturated rings. The van der Waals surface area contributed by atoms with Gasteiger partial charge in [0, 0.05) is 6.42 Å². The van der Waals surface area contributed by atoms with Gasteiger partial charge in [-0.2, -0.15) is 0 Å². The summed E-state index contributed by atoms with van der Waals surface area (Å²) >= 11 is 0. The lowest BCUT2D eigenvalue weighted by atomic mass is 9.94. The maximum absolute atomic E-state index is 2.41. The quantitative estimate of drug-likeness (QED) is 0.425. The summed E-state index contributed by atoms with van der Waals surface area (Å²) in [5.41, 5.74) is 1.02. The van der Waals surface area contributed by atoms with Gasteiger partial charge in [-0.15, -0.1) is 0 Å². The van der Waals surface area contributed by atoms with Crippen molar-refractivity contribution in [2.75, 3.05) is 14.1 Å². The Hall–Kier alpha value is -0.0400. The minimum absolute atomic E-state index is 0.489. The van der Waals surface area contributed by atoms with Crippen molar-refractivity contribution >= 4 is 0 Å². The van der Waals surface area contributed by atoms with Crippen LogP contribution >= 0.6 is 0 Å². The first kappa shape index (κ1) is 9.05. The van der Waals surface area contributed by atoms with E-state index in [1.54, 1.807) is 0 Å². The molecule has 0 spiro atoms. The third-order valence-electron chi connectivity index (χ3n) is 4.64. The molecular formula is C10H22N+. The van der Waals surface area contributed by atoms with E-state index >= 15 is 0 Å². The second-order valence-corrected chi connectivity index (χ2v) is 5.04. The van der Waals surface area contributed by atoms with E-state index in [1.165, 1.54) is 17.3 Å². The fraction of sp³-hybridized carbons (Fsp3) is 1.00. The third kappa shape index (κ3) is 0.752. The second-order valence-electron chi connectivity index (χ2n) is 5.04. The molecule has 1 saturated heterocycles. The molecule has 0 aromatic rings. The summed E-state index contributed by atoms with van der Waals surface area (Å²) in [6.07, 6.45) is 2.66. The van der Waals surface area contributed by atoms with Crippen LogP contribution in [-0.2, 0) is 0 Å². The average molecular weight is 156 g/mol. The molecule has 1 unspecified atom stereocenters. The Kier molecular flexibility index (Phi) is 1.65. The SMILES string of the molecule is CCCC1(C)C(C)(C)[N+]1(C)C. The fourth-order valence-electron chi connectivity index (χ4n) is 2.59. The van der Waals surface area contributed by atoms with Gasteiger partial charge in [0.1, 0.15) is 5.54 Å². The van der Waals surface area contributed by atoms with Gasteiger partial charge in [-0.1, -0.05) is 6.92 Å². The van der Waals surface area contributed by atoms with Crippen molar-refractivity contribution < 1.29 is 4.48 Å². The standard InChI is InChI=1S/C10H22N/c1-7-8-10(4)9(2,3)11(10,5)6/h7-8H2,1-6H3/q+1. The highest BCUT2D eigenvalue weighted by atomic mass is 15.6. The summed E-state index contributed by atoms with van der Waals surface area (Å²) in [5, 5.41) is 0. The van der Waals surface area contributed by atoms with Crippen molar-refractivity contribution in [1.82, 2.24) is 0 Å². The molecule has 0 radical (unpaired) electrons. The summed E-state index contributed by atoms with van der Waals surface area (Å²) in [5.74, 6) is 0. The van der Waals surface area contributed by atoms with Crippen molar-refractivity contribution in [3.63, 3.8) is 0 Å². The smallest absolute Gasteiger partial charge is 0.151 e. The minimum atomic E-state index is 0.489. The molecule has 1 atom stereocenters. The zero-order valence-corrected chi connectivity index (χ0v) is 8.86. The summed E-state index contributed by atoms with van der Waals surface area (Å²) in [7, 11) is 4.69. The molecule has 1 aliphatic heterocycles. The van der Waals surface area contributed by atoms with Gasteiger partial charge >= 0.3 is 0 Å². The summed E-state index contributed by atoms with van der Waals surface area (Å²) in [6.45, 7) is 9.45. The van der Waals surface area contributed by atoms with Crippen LogP contribution < -0.4 is 0 Å². The van der Waals surface area contributed by atoms with Gasteiger partial charge in [0.15, 0.2) is 5.54 Å². The lowest BCUT2D eigenvalue weighted by Crippen LogP contribution is -2.25. The lowest BCUT2D eigenvalue weighted by Gasteiger charge is -2.13. The van der Waals surface area contributed by atoms with Crippen LogP contribution in [0.2, 0.25) is 0 Å². The number of rotatable bonds is 2. The summed E-state index contributed by atoms with van der Waals surface area (Å²) < 4.78 is 1.19. The van der Waals surface area contributed by atoms with Crippen molar-refractivity contribution in [2.24, 2.45) is 0 Å². The van der Waals surface area contributed by atoms with Crippen LogP contribution in [0, 0.1) is 0 Å². The van der Waals surface area contributed by atoms with Crippen LogP contribution in [0.15, 0.2) is 0 Å². The van der Waals surface area contributed by atoms with E-state index in [9.17, 15) is 0 Å². The number of likely N-dealkylation sites (N-methyl/N-ethyl adjacent to an activating group) is 1. The first-order valence-corrected chi connectivity index (χ1v) is 4.65. The molecule has 1 heterocycles. The van der Waals surface area contributed by atoms with Gasteiger partial charge in [0.25, 0.3) is 0 Å². The molecule has 0 N–H and O–H groups in total. The molecule has 1 heteroatoms. The molecule has 66 valence electrons. The molecule has 0 bridgehead atoms. The van der Waals surface area contributed by atoms with Gasteiger partial charge < -0.3 is 4.48 Å². The van der Waals surface area contributed by atoms with E-state index in [-0.39, 0.29) is 0 Å². The first-order valence-electron chi connectivity index (χ1n) is 4.65. The van der Waals surface area contributed by atoms with E-state index in [1.807, 2.05) is 0 Å². The van der Waals surface area contributed by atoms with Gasteiger partial charge in [0.2, 0.25) is 0 Å². The van der Waals surface area contributed by atoms with Crippen LogP contribution in [0.1, 0.15) is 40.5 Å². The molecule has 0 saturated carbocycles. The van der Waals surface area contributed by atoms with Gasteiger partial charge in [-0.05, 0) is 27.2 Å². The Balaban J connectivity index is 2.78. The largest absolute Gasteiger partial charge is 0.309 e. The molecule has 0 amide bonds. The average Bonchev–Trinajstić information content (AvgIpc) is 2.12. The zero-order valence-electron chi connectivity index (χ0n) is 8.86. The Morgan fingerprint density at radius 1 is 1.09 bits per heavy atom. The van der Waals surface area contributed by atoms with E-state index in [2.05, 4.69) is 41.8 Å². The zero-order chi connectivity index (χ0) is 8.91. The predicted octanol–water partition coefficient (Wildman–Crippen LogP) is 2.41. The predicted molar refractivity (Wildman–Crippen MR) is 49.5 cm³/mol. The monoisotopic (exact) mass is 156 g/mol. The maximum atomic E-state index is 2.41. The molecule has 0 aromatic carbocycles. The molecule has 1 aliphatic rings. The maximum Gasteiger partial charge on any atom is 0.151 e. The molecule has 1 rings (SSSR count). The number of hydrogen-bond acceptors (Lipinski definition) is 0. The topological polar surface area (TPSA) is 0 Å². The van der Waals surface area contributed by atoms with Crippen LogP contribution in [-0.4, -0.2) is 29.7 Å². The highest BCUT2D eigenvalue weighted by Crippen LogP contribution is 2.58. The number of hydrogen-bond donors (Lipinski definition) is 0. The van der Waals surface area contributed by atoms with Gasteiger partial charge in [0.05, 0.1) is 14.1 Å². The Morgan fingerprint density at radius 3 is 1.55 bits per heavy atom. The Morgan fingerprint density at radius 2 is 1.45 bits per heavy atom. The Bertz CT molecular complexity index is 154. The van der Waals surface area contributed by atoms with Crippen LogP contribution in [0.3, 0.4) is 0 Å². The highest BCUT2D eigenvalue weighted by molar-refractivity contribution is 5.07. The minimum Gasteiger partial charge on any atom is -0.309 e. The van der Waals surface area contributed by atoms with Crippen molar-refractivity contribution in [1.29, 1.82) is 0 Å². The molecular weight excluding hydrogens is 134 g/mol. The van der Waals surface area contributed by atoms with Gasteiger partial charge in [-0.25, -0.2) is 0 Å². The Labute approximate surface area is 71.0 Å². The van der Waals surface area contributed by atoms with Crippen molar-refractivity contribution in [2.45, 2.75) is 51.6 Å². The number of quaternary nitrogens is 1. The van der Waals surface area contributed by atoms with Crippen LogP contribution in [0.4, 0.5) is 0 Å². The summed E-state index contributed by atoms with van der Waals surface area (Å²) in [6, 6.07) is 0. The van der Waals surface area contributed by atoms with Crippen molar-refractivity contribution in [3.8, 4) is 0 Å². The fourth-order valence-corrected chi connectivity index (χ4v) is 2.59. The molecule has 0 aliphatic carbocycles. The van der Waals surface area contributed by atoms with E-state index in [0.717, 1.165) is 0 Å². The molecule has 1 nitrogen and oxygen atoms in total. The third-order valence-corrected chi connectivity index (χ3v) is 4.64. The molecule has 11 heavy (non-hydrogen) atoms. The molecule has 0 aromatic heterocycles. The second kappa shape index (κ2) is 2.01. The van der Waals surface area contributed by atoms with Crippen LogP contribution in [0.5, 0.6) is 0 Å². The van der Waals surface area contributed by atoms with Crippen LogP contribution in [0.25, 0.3) is 0 Å². The number of nitrogens with zero attached hydrogens (tertiary/aromatic N) is 1. The van der Waals surface area contributed by atoms with E-state index in [4.69, 9.17) is 0 Å². The lowest BCUT2D eigenvalue weighted by molar-refractivity contribution is -0.810. The van der Waals surface area contributed by atoms with Crippen molar-refractivity contribution in [3.05, 3.63) is 0 Å². The van der Waals surface area contributed by atoms with Gasteiger partial charge in [-0.3, -0.25) is 0 Å².